The first-order valence-corrected chi connectivity index (χ1v) is 22.2. The van der Waals surface area contributed by atoms with Gasteiger partial charge in [0.1, 0.15) is 6.61 Å². The van der Waals surface area contributed by atoms with Crippen LogP contribution in [0.4, 0.5) is 0 Å². The van der Waals surface area contributed by atoms with Crippen molar-refractivity contribution < 1.29 is 56.9 Å². The maximum atomic E-state index is 11.6. The summed E-state index contributed by atoms with van der Waals surface area (Å²) in [5, 5.41) is 0. The summed E-state index contributed by atoms with van der Waals surface area (Å²) in [6.07, 6.45) is 24.0. The summed E-state index contributed by atoms with van der Waals surface area (Å²) in [6.45, 7) is 15.4. The van der Waals surface area contributed by atoms with Gasteiger partial charge in [0.15, 0.2) is 0 Å². The average molecular weight is 795 g/mol. The number of hydrogen-bond acceptors (Lipinski definition) is 12. The van der Waals surface area contributed by atoms with E-state index in [0.717, 1.165) is 38.7 Å². The van der Waals surface area contributed by atoms with Gasteiger partial charge in [0, 0.05) is 13.0 Å². The van der Waals surface area contributed by atoms with Gasteiger partial charge in [0.05, 0.1) is 126 Å². The fourth-order valence-corrected chi connectivity index (χ4v) is 5.46. The zero-order valence-electron chi connectivity index (χ0n) is 35.7. The first-order valence-electron chi connectivity index (χ1n) is 22.2. The Morgan fingerprint density at radius 2 is 0.473 bits per heavy atom. The van der Waals surface area contributed by atoms with Crippen molar-refractivity contribution in [3.8, 4) is 0 Å². The lowest BCUT2D eigenvalue weighted by Crippen LogP contribution is -2.15. The molecule has 55 heavy (non-hydrogen) atoms. The predicted molar refractivity (Wildman–Crippen MR) is 218 cm³/mol. The van der Waals surface area contributed by atoms with Crippen molar-refractivity contribution in [2.24, 2.45) is 0 Å². The van der Waals surface area contributed by atoms with Gasteiger partial charge in [-0.05, 0) is 12.8 Å². The molecule has 0 aliphatic rings. The van der Waals surface area contributed by atoms with E-state index in [1.807, 2.05) is 0 Å². The lowest BCUT2D eigenvalue weighted by atomic mass is 10.0. The van der Waals surface area contributed by atoms with Crippen molar-refractivity contribution in [1.29, 1.82) is 0 Å². The molecule has 0 aromatic rings. The van der Waals surface area contributed by atoms with Crippen LogP contribution in [-0.2, 0) is 56.9 Å². The predicted octanol–water partition coefficient (Wildman–Crippen LogP) is 8.15. The zero-order valence-corrected chi connectivity index (χ0v) is 35.7. The first kappa shape index (κ1) is 54.1. The molecule has 0 bridgehead atoms. The van der Waals surface area contributed by atoms with Crippen LogP contribution in [0.25, 0.3) is 0 Å². The molecule has 0 atom stereocenters. The number of ether oxygens (including phenoxy) is 11. The Morgan fingerprint density at radius 1 is 0.255 bits per heavy atom. The maximum Gasteiger partial charge on any atom is 0.305 e. The molecule has 0 aromatic carbocycles. The third-order valence-electron chi connectivity index (χ3n) is 8.72. The third-order valence-corrected chi connectivity index (χ3v) is 8.72. The Hall–Kier alpha value is -0.930. The summed E-state index contributed by atoms with van der Waals surface area (Å²) >= 11 is 0. The molecule has 330 valence electrons. The summed E-state index contributed by atoms with van der Waals surface area (Å²) in [4.78, 5) is 11.6. The number of esters is 1. The van der Waals surface area contributed by atoms with Crippen LogP contribution in [0.5, 0.6) is 0 Å². The van der Waals surface area contributed by atoms with Gasteiger partial charge in [-0.1, -0.05) is 117 Å². The van der Waals surface area contributed by atoms with Crippen molar-refractivity contribution in [2.45, 2.75) is 136 Å². The van der Waals surface area contributed by atoms with Crippen LogP contribution in [0.15, 0.2) is 0 Å². The molecular weight excluding hydrogens is 708 g/mol. The van der Waals surface area contributed by atoms with Gasteiger partial charge >= 0.3 is 5.97 Å². The minimum atomic E-state index is -0.149. The molecule has 12 nitrogen and oxygen atoms in total. The van der Waals surface area contributed by atoms with E-state index >= 15 is 0 Å². The Labute approximate surface area is 336 Å². The van der Waals surface area contributed by atoms with Crippen LogP contribution in [0.1, 0.15) is 136 Å². The minimum absolute atomic E-state index is 0.149. The van der Waals surface area contributed by atoms with Gasteiger partial charge in [-0.25, -0.2) is 0 Å². The Balaban J connectivity index is 3.08. The summed E-state index contributed by atoms with van der Waals surface area (Å²) in [7, 11) is 0. The molecule has 0 heterocycles. The van der Waals surface area contributed by atoms with Crippen LogP contribution in [-0.4, -0.2) is 145 Å². The first-order chi connectivity index (χ1) is 27.3. The van der Waals surface area contributed by atoms with Gasteiger partial charge in [-0.2, -0.15) is 0 Å². The molecule has 12 heteroatoms. The van der Waals surface area contributed by atoms with Gasteiger partial charge in [-0.15, -0.1) is 0 Å². The highest BCUT2D eigenvalue weighted by Crippen LogP contribution is 2.13. The molecule has 0 saturated carbocycles. The Kier molecular flexibility index (Phi) is 50.2. The Morgan fingerprint density at radius 3 is 0.764 bits per heavy atom. The van der Waals surface area contributed by atoms with Gasteiger partial charge in [0.25, 0.3) is 0 Å². The molecule has 0 rings (SSSR count). The fraction of sp³-hybridized carbons (Fsp3) is 0.977. The van der Waals surface area contributed by atoms with Crippen LogP contribution in [0, 0.1) is 0 Å². The van der Waals surface area contributed by atoms with E-state index in [-0.39, 0.29) is 12.6 Å². The number of rotatable bonds is 50. The topological polar surface area (TPSA) is 119 Å². The zero-order chi connectivity index (χ0) is 39.6. The second-order valence-electron chi connectivity index (χ2n) is 13.8. The molecule has 0 spiro atoms. The number of unbranched alkanes of at least 4 members (excludes halogenated alkanes) is 16. The van der Waals surface area contributed by atoms with E-state index < -0.39 is 0 Å². The smallest absolute Gasteiger partial charge is 0.305 e. The van der Waals surface area contributed by atoms with Crippen molar-refractivity contribution in [2.75, 3.05) is 139 Å². The van der Waals surface area contributed by atoms with E-state index in [2.05, 4.69) is 13.8 Å². The van der Waals surface area contributed by atoms with E-state index in [9.17, 15) is 4.79 Å². The van der Waals surface area contributed by atoms with Crippen molar-refractivity contribution in [1.82, 2.24) is 0 Å². The Bertz CT molecular complexity index is 703. The number of hydrogen-bond donors (Lipinski definition) is 0. The summed E-state index contributed by atoms with van der Waals surface area (Å²) < 4.78 is 60.3. The fourth-order valence-electron chi connectivity index (χ4n) is 5.46. The largest absolute Gasteiger partial charge is 0.463 e. The van der Waals surface area contributed by atoms with E-state index in [4.69, 9.17) is 52.1 Å². The monoisotopic (exact) mass is 795 g/mol. The highest BCUT2D eigenvalue weighted by Gasteiger charge is 2.02. The molecule has 0 aliphatic carbocycles. The highest BCUT2D eigenvalue weighted by atomic mass is 16.6. The van der Waals surface area contributed by atoms with Crippen molar-refractivity contribution in [3.63, 3.8) is 0 Å². The molecule has 0 aromatic heterocycles. The van der Waals surface area contributed by atoms with Crippen LogP contribution < -0.4 is 0 Å². The second-order valence-corrected chi connectivity index (χ2v) is 13.8. The SMILES string of the molecule is CCCCCCCCCCCCCCCCOCCOCCOCCOCCOCCOCCOCCOCCOCCOCCOC(=O)CCCCCC. The van der Waals surface area contributed by atoms with Gasteiger partial charge in [-0.3, -0.25) is 4.79 Å². The molecule has 0 saturated heterocycles. The lowest BCUT2D eigenvalue weighted by molar-refractivity contribution is -0.145. The van der Waals surface area contributed by atoms with E-state index in [1.165, 1.54) is 83.5 Å². The van der Waals surface area contributed by atoms with E-state index in [1.54, 1.807) is 0 Å². The maximum absolute atomic E-state index is 11.6. The van der Waals surface area contributed by atoms with E-state index in [0.29, 0.717) is 132 Å². The van der Waals surface area contributed by atoms with Crippen molar-refractivity contribution >= 4 is 5.97 Å². The molecule has 0 radical (unpaired) electrons. The molecule has 0 aliphatic heterocycles. The average Bonchev–Trinajstić information content (AvgIpc) is 3.19. The number of carbonyl (C=O) groups excluding carboxylic acids is 1. The van der Waals surface area contributed by atoms with Crippen LogP contribution >= 0.6 is 0 Å². The van der Waals surface area contributed by atoms with Crippen molar-refractivity contribution in [3.05, 3.63) is 0 Å². The lowest BCUT2D eigenvalue weighted by Gasteiger charge is -2.09. The van der Waals surface area contributed by atoms with Gasteiger partial charge in [0.2, 0.25) is 0 Å². The minimum Gasteiger partial charge on any atom is -0.463 e. The third kappa shape index (κ3) is 51.1. The molecule has 0 fully saturated rings. The molecular formula is C43H86O12. The summed E-state index contributed by atoms with van der Waals surface area (Å²) in [5.74, 6) is -0.149. The second kappa shape index (κ2) is 51.1. The number of carbonyl (C=O) groups is 1. The molecule has 0 amide bonds. The van der Waals surface area contributed by atoms with Crippen LogP contribution in [0.2, 0.25) is 0 Å². The van der Waals surface area contributed by atoms with Gasteiger partial charge < -0.3 is 52.1 Å². The normalized spacial score (nSPS) is 11.5. The summed E-state index contributed by atoms with van der Waals surface area (Å²) in [5.41, 5.74) is 0. The standard InChI is InChI=1S/C43H86O12/c1-3-5-7-9-10-11-12-13-14-15-16-17-18-20-22-45-23-24-46-25-26-47-27-28-48-29-30-49-31-32-50-33-34-51-35-36-52-37-38-53-39-40-54-41-42-55-43(44)21-19-8-6-4-2/h3-42H2,1-2H3. The summed E-state index contributed by atoms with van der Waals surface area (Å²) in [6, 6.07) is 0. The quantitative estimate of drug-likeness (QED) is 0.0437. The van der Waals surface area contributed by atoms with Crippen LogP contribution in [0.3, 0.4) is 0 Å². The molecule has 0 unspecified atom stereocenters. The highest BCUT2D eigenvalue weighted by molar-refractivity contribution is 5.69. The molecule has 0 N–H and O–H groups in total.